The number of rotatable bonds is 6. The highest BCUT2D eigenvalue weighted by Crippen LogP contribution is 2.40. The zero-order chi connectivity index (χ0) is 13.1. The summed E-state index contributed by atoms with van der Waals surface area (Å²) in [7, 11) is 1.71. The van der Waals surface area contributed by atoms with E-state index in [2.05, 4.69) is 0 Å². The Balaban J connectivity index is 2.46. The standard InChI is InChI=1S/C13H25NO3/c1-10(2)7-11(16)12(17)14(3)8-13(9-15)5-4-6-13/h10-11,15-16H,4-9H2,1-3H3/t11-/m1/s1. The highest BCUT2D eigenvalue weighted by atomic mass is 16.3. The molecule has 1 atom stereocenters. The Morgan fingerprint density at radius 2 is 2.00 bits per heavy atom. The van der Waals surface area contributed by atoms with E-state index in [1.165, 1.54) is 0 Å². The van der Waals surface area contributed by atoms with Crippen molar-refractivity contribution in [1.29, 1.82) is 0 Å². The van der Waals surface area contributed by atoms with Crippen molar-refractivity contribution in [2.45, 2.75) is 45.6 Å². The van der Waals surface area contributed by atoms with E-state index >= 15 is 0 Å². The molecule has 0 saturated heterocycles. The van der Waals surface area contributed by atoms with Gasteiger partial charge in [0.25, 0.3) is 5.91 Å². The van der Waals surface area contributed by atoms with Crippen LogP contribution in [-0.2, 0) is 4.79 Å². The van der Waals surface area contributed by atoms with Crippen LogP contribution in [0.5, 0.6) is 0 Å². The number of likely N-dealkylation sites (N-methyl/N-ethyl adjacent to an activating group) is 1. The quantitative estimate of drug-likeness (QED) is 0.732. The highest BCUT2D eigenvalue weighted by Gasteiger charge is 2.38. The van der Waals surface area contributed by atoms with Crippen LogP contribution in [0.2, 0.25) is 0 Å². The molecule has 0 unspecified atom stereocenters. The maximum Gasteiger partial charge on any atom is 0.251 e. The fraction of sp³-hybridized carbons (Fsp3) is 0.923. The van der Waals surface area contributed by atoms with Gasteiger partial charge >= 0.3 is 0 Å². The molecular weight excluding hydrogens is 218 g/mol. The first-order valence-electron chi connectivity index (χ1n) is 6.44. The normalized spacial score (nSPS) is 19.9. The molecule has 4 nitrogen and oxygen atoms in total. The van der Waals surface area contributed by atoms with E-state index in [0.29, 0.717) is 18.9 Å². The van der Waals surface area contributed by atoms with E-state index in [1.54, 1.807) is 11.9 Å². The Labute approximate surface area is 104 Å². The summed E-state index contributed by atoms with van der Waals surface area (Å²) in [5.41, 5.74) is -0.109. The Bertz CT molecular complexity index is 256. The zero-order valence-electron chi connectivity index (χ0n) is 11.1. The number of nitrogens with zero attached hydrogens (tertiary/aromatic N) is 1. The van der Waals surface area contributed by atoms with Gasteiger partial charge in [0.2, 0.25) is 0 Å². The van der Waals surface area contributed by atoms with Gasteiger partial charge in [0.1, 0.15) is 6.10 Å². The minimum absolute atomic E-state index is 0.109. The molecule has 1 aliphatic carbocycles. The van der Waals surface area contributed by atoms with E-state index in [1.807, 2.05) is 13.8 Å². The lowest BCUT2D eigenvalue weighted by atomic mass is 9.69. The highest BCUT2D eigenvalue weighted by molar-refractivity contribution is 5.80. The topological polar surface area (TPSA) is 60.8 Å². The molecule has 1 saturated carbocycles. The van der Waals surface area contributed by atoms with Gasteiger partial charge in [-0.05, 0) is 25.2 Å². The number of amides is 1. The number of aliphatic hydroxyl groups is 2. The summed E-state index contributed by atoms with van der Waals surface area (Å²) in [6.07, 6.45) is 2.66. The van der Waals surface area contributed by atoms with Gasteiger partial charge in [-0.15, -0.1) is 0 Å². The minimum Gasteiger partial charge on any atom is -0.396 e. The third-order valence-corrected chi connectivity index (χ3v) is 3.68. The number of hydrogen-bond acceptors (Lipinski definition) is 3. The van der Waals surface area contributed by atoms with Crippen LogP contribution in [0.15, 0.2) is 0 Å². The van der Waals surface area contributed by atoms with Gasteiger partial charge in [-0.2, -0.15) is 0 Å². The van der Waals surface area contributed by atoms with Crippen LogP contribution < -0.4 is 0 Å². The van der Waals surface area contributed by atoms with Crippen molar-refractivity contribution >= 4 is 5.91 Å². The molecule has 1 amide bonds. The molecule has 0 aromatic heterocycles. The van der Waals surface area contributed by atoms with Crippen LogP contribution in [0.25, 0.3) is 0 Å². The Morgan fingerprint density at radius 3 is 2.35 bits per heavy atom. The number of hydrogen-bond donors (Lipinski definition) is 2. The zero-order valence-corrected chi connectivity index (χ0v) is 11.1. The van der Waals surface area contributed by atoms with E-state index in [4.69, 9.17) is 0 Å². The van der Waals surface area contributed by atoms with Crippen molar-refractivity contribution in [1.82, 2.24) is 4.90 Å². The SMILES string of the molecule is CC(C)C[C@@H](O)C(=O)N(C)CC1(CO)CCC1. The van der Waals surface area contributed by atoms with E-state index in [9.17, 15) is 15.0 Å². The number of aliphatic hydroxyl groups excluding tert-OH is 2. The summed E-state index contributed by atoms with van der Waals surface area (Å²) < 4.78 is 0. The minimum atomic E-state index is -0.907. The van der Waals surface area contributed by atoms with E-state index in [-0.39, 0.29) is 17.9 Å². The average Bonchev–Trinajstić information content (AvgIpc) is 2.21. The van der Waals surface area contributed by atoms with Crippen molar-refractivity contribution < 1.29 is 15.0 Å². The number of carbonyl (C=O) groups is 1. The Kier molecular flexibility index (Phi) is 4.95. The first-order chi connectivity index (χ1) is 7.90. The van der Waals surface area contributed by atoms with Crippen LogP contribution in [0.4, 0.5) is 0 Å². The largest absolute Gasteiger partial charge is 0.396 e. The predicted molar refractivity (Wildman–Crippen MR) is 66.5 cm³/mol. The molecule has 0 aromatic rings. The third-order valence-electron chi connectivity index (χ3n) is 3.68. The van der Waals surface area contributed by atoms with Crippen molar-refractivity contribution in [2.24, 2.45) is 11.3 Å². The third kappa shape index (κ3) is 3.68. The summed E-state index contributed by atoms with van der Waals surface area (Å²) in [4.78, 5) is 13.5. The van der Waals surface area contributed by atoms with Crippen LogP contribution >= 0.6 is 0 Å². The first-order valence-corrected chi connectivity index (χ1v) is 6.44. The molecule has 4 heteroatoms. The van der Waals surface area contributed by atoms with Crippen molar-refractivity contribution in [3.8, 4) is 0 Å². The summed E-state index contributed by atoms with van der Waals surface area (Å²) >= 11 is 0. The lowest BCUT2D eigenvalue weighted by Crippen LogP contribution is -2.48. The molecule has 1 aliphatic rings. The van der Waals surface area contributed by atoms with Crippen LogP contribution in [-0.4, -0.2) is 47.3 Å². The summed E-state index contributed by atoms with van der Waals surface area (Å²) in [5, 5.41) is 19.1. The molecule has 0 radical (unpaired) electrons. The Morgan fingerprint density at radius 1 is 1.41 bits per heavy atom. The van der Waals surface area contributed by atoms with Crippen LogP contribution in [0, 0.1) is 11.3 Å². The predicted octanol–water partition coefficient (Wildman–Crippen LogP) is 1.01. The summed E-state index contributed by atoms with van der Waals surface area (Å²) in [5.74, 6) is 0.0799. The lowest BCUT2D eigenvalue weighted by Gasteiger charge is -2.43. The second kappa shape index (κ2) is 5.83. The van der Waals surface area contributed by atoms with Gasteiger partial charge in [0, 0.05) is 19.0 Å². The van der Waals surface area contributed by atoms with Crippen molar-refractivity contribution in [2.75, 3.05) is 20.2 Å². The van der Waals surface area contributed by atoms with Gasteiger partial charge in [-0.1, -0.05) is 20.3 Å². The van der Waals surface area contributed by atoms with Crippen LogP contribution in [0.3, 0.4) is 0 Å². The molecule has 0 aliphatic heterocycles. The van der Waals surface area contributed by atoms with Crippen molar-refractivity contribution in [3.63, 3.8) is 0 Å². The molecule has 17 heavy (non-hydrogen) atoms. The average molecular weight is 243 g/mol. The molecule has 2 N–H and O–H groups in total. The molecule has 1 fully saturated rings. The molecule has 0 aromatic carbocycles. The van der Waals surface area contributed by atoms with Crippen LogP contribution in [0.1, 0.15) is 39.5 Å². The molecule has 1 rings (SSSR count). The fourth-order valence-corrected chi connectivity index (χ4v) is 2.43. The van der Waals surface area contributed by atoms with Gasteiger partial charge in [-0.25, -0.2) is 0 Å². The van der Waals surface area contributed by atoms with E-state index < -0.39 is 6.10 Å². The molecule has 0 heterocycles. The van der Waals surface area contributed by atoms with Gasteiger partial charge < -0.3 is 15.1 Å². The maximum absolute atomic E-state index is 11.9. The smallest absolute Gasteiger partial charge is 0.251 e. The molecular formula is C13H25NO3. The van der Waals surface area contributed by atoms with Crippen molar-refractivity contribution in [3.05, 3.63) is 0 Å². The summed E-state index contributed by atoms with van der Waals surface area (Å²) in [6.45, 7) is 4.65. The van der Waals surface area contributed by atoms with Gasteiger partial charge in [-0.3, -0.25) is 4.79 Å². The molecule has 0 bridgehead atoms. The Hall–Kier alpha value is -0.610. The second-order valence-corrected chi connectivity index (χ2v) is 5.85. The lowest BCUT2D eigenvalue weighted by molar-refractivity contribution is -0.142. The summed E-state index contributed by atoms with van der Waals surface area (Å²) in [6, 6.07) is 0. The second-order valence-electron chi connectivity index (χ2n) is 5.85. The fourth-order valence-electron chi connectivity index (χ4n) is 2.43. The molecule has 100 valence electrons. The maximum atomic E-state index is 11.9. The number of carbonyl (C=O) groups excluding carboxylic acids is 1. The first kappa shape index (κ1) is 14.5. The van der Waals surface area contributed by atoms with Gasteiger partial charge in [0.15, 0.2) is 0 Å². The van der Waals surface area contributed by atoms with E-state index in [0.717, 1.165) is 19.3 Å². The van der Waals surface area contributed by atoms with Gasteiger partial charge in [0.05, 0.1) is 6.61 Å². The molecule has 0 spiro atoms. The monoisotopic (exact) mass is 243 g/mol.